The summed E-state index contributed by atoms with van der Waals surface area (Å²) in [5, 5.41) is 1.05. The van der Waals surface area contributed by atoms with Crippen LogP contribution in [0.3, 0.4) is 0 Å². The first-order chi connectivity index (χ1) is 13.6. The van der Waals surface area contributed by atoms with Crippen molar-refractivity contribution < 1.29 is 14.2 Å². The largest absolute Gasteiger partial charge is 0.497 e. The lowest BCUT2D eigenvalue weighted by molar-refractivity contribution is -0.0487. The van der Waals surface area contributed by atoms with E-state index in [-0.39, 0.29) is 6.29 Å². The maximum atomic E-state index is 5.62. The van der Waals surface area contributed by atoms with Gasteiger partial charge in [-0.25, -0.2) is 9.97 Å². The van der Waals surface area contributed by atoms with E-state index < -0.39 is 0 Å². The lowest BCUT2D eigenvalue weighted by atomic mass is 10.1. The number of nitrogens with zero attached hydrogens (tertiary/aromatic N) is 3. The van der Waals surface area contributed by atoms with Crippen molar-refractivity contribution in [2.24, 2.45) is 0 Å². The van der Waals surface area contributed by atoms with Crippen LogP contribution in [0.4, 0.5) is 0 Å². The molecule has 0 unspecified atom stereocenters. The van der Waals surface area contributed by atoms with Crippen LogP contribution in [0.15, 0.2) is 30.3 Å². The van der Waals surface area contributed by atoms with Crippen LogP contribution in [0.5, 0.6) is 5.75 Å². The third-order valence-electron chi connectivity index (χ3n) is 5.55. The van der Waals surface area contributed by atoms with Gasteiger partial charge in [0.2, 0.25) is 0 Å². The molecule has 2 aromatic carbocycles. The molecule has 1 aliphatic heterocycles. The fraction of sp³-hybridized carbons (Fsp3) is 0.364. The van der Waals surface area contributed by atoms with E-state index in [2.05, 4.69) is 36.6 Å². The molecule has 6 heteroatoms. The highest BCUT2D eigenvalue weighted by Gasteiger charge is 2.19. The Hall–Kier alpha value is -2.70. The molecule has 1 aliphatic rings. The average molecular weight is 377 g/mol. The zero-order valence-corrected chi connectivity index (χ0v) is 16.4. The van der Waals surface area contributed by atoms with Gasteiger partial charge in [0.25, 0.3) is 0 Å². The summed E-state index contributed by atoms with van der Waals surface area (Å²) in [4.78, 5) is 9.98. The lowest BCUT2D eigenvalue weighted by Gasteiger charge is -2.11. The molecule has 28 heavy (non-hydrogen) atoms. The highest BCUT2D eigenvalue weighted by molar-refractivity contribution is 6.07. The number of hydrogen-bond acceptors (Lipinski definition) is 5. The summed E-state index contributed by atoms with van der Waals surface area (Å²) in [5.41, 5.74) is 7.16. The molecule has 3 heterocycles. The smallest absolute Gasteiger partial charge is 0.160 e. The van der Waals surface area contributed by atoms with Gasteiger partial charge in [-0.2, -0.15) is 0 Å². The van der Waals surface area contributed by atoms with Crippen molar-refractivity contribution in [3.63, 3.8) is 0 Å². The number of rotatable bonds is 4. The van der Waals surface area contributed by atoms with Crippen LogP contribution in [0.1, 0.15) is 17.5 Å². The fourth-order valence-corrected chi connectivity index (χ4v) is 3.89. The number of aryl methyl sites for hydroxylation is 3. The molecule has 2 aromatic heterocycles. The van der Waals surface area contributed by atoms with Gasteiger partial charge in [0.05, 0.1) is 36.9 Å². The molecule has 4 aromatic rings. The van der Waals surface area contributed by atoms with Gasteiger partial charge in [-0.15, -0.1) is 0 Å². The minimum Gasteiger partial charge on any atom is -0.497 e. The standard InChI is InChI=1S/C22H23N3O3/c1-13-10-17-18(11-14(13)2)24-22-21(23-17)16-12-15(26-3)4-5-19(16)25(22)7-6-20-27-8-9-28-20/h4-5,10-12,20H,6-9H2,1-3H3. The van der Waals surface area contributed by atoms with Gasteiger partial charge in [0.1, 0.15) is 11.3 Å². The van der Waals surface area contributed by atoms with E-state index >= 15 is 0 Å². The van der Waals surface area contributed by atoms with Gasteiger partial charge in [0.15, 0.2) is 11.9 Å². The zero-order valence-electron chi connectivity index (χ0n) is 16.4. The van der Waals surface area contributed by atoms with Gasteiger partial charge < -0.3 is 18.8 Å². The molecule has 0 amide bonds. The number of fused-ring (bicyclic) bond motifs is 4. The van der Waals surface area contributed by atoms with Crippen LogP contribution in [-0.2, 0) is 16.0 Å². The quantitative estimate of drug-likeness (QED) is 0.535. The molecule has 0 atom stereocenters. The summed E-state index contributed by atoms with van der Waals surface area (Å²) in [6.45, 7) is 6.29. The number of methoxy groups -OCH3 is 1. The first-order valence-corrected chi connectivity index (χ1v) is 9.62. The summed E-state index contributed by atoms with van der Waals surface area (Å²) in [5.74, 6) is 0.816. The molecule has 0 radical (unpaired) electrons. The van der Waals surface area contributed by atoms with E-state index in [1.54, 1.807) is 7.11 Å². The van der Waals surface area contributed by atoms with Gasteiger partial charge >= 0.3 is 0 Å². The second-order valence-electron chi connectivity index (χ2n) is 7.32. The van der Waals surface area contributed by atoms with Crippen molar-refractivity contribution in [2.45, 2.75) is 33.1 Å². The van der Waals surface area contributed by atoms with Crippen LogP contribution >= 0.6 is 0 Å². The summed E-state index contributed by atoms with van der Waals surface area (Å²) >= 11 is 0. The van der Waals surface area contributed by atoms with Crippen molar-refractivity contribution in [1.82, 2.24) is 14.5 Å². The van der Waals surface area contributed by atoms with E-state index in [1.165, 1.54) is 11.1 Å². The van der Waals surface area contributed by atoms with Crippen molar-refractivity contribution in [1.29, 1.82) is 0 Å². The van der Waals surface area contributed by atoms with E-state index in [1.807, 2.05) is 12.1 Å². The molecule has 0 spiro atoms. The van der Waals surface area contributed by atoms with Crippen molar-refractivity contribution in [3.05, 3.63) is 41.5 Å². The van der Waals surface area contributed by atoms with Gasteiger partial charge in [-0.1, -0.05) is 0 Å². The first-order valence-electron chi connectivity index (χ1n) is 9.62. The molecule has 5 rings (SSSR count). The van der Waals surface area contributed by atoms with Crippen LogP contribution in [-0.4, -0.2) is 41.1 Å². The Morgan fingerprint density at radius 3 is 2.46 bits per heavy atom. The summed E-state index contributed by atoms with van der Waals surface area (Å²) in [6, 6.07) is 10.3. The maximum absolute atomic E-state index is 5.62. The number of ether oxygens (including phenoxy) is 3. The molecule has 0 saturated carbocycles. The monoisotopic (exact) mass is 377 g/mol. The molecule has 0 aliphatic carbocycles. The SMILES string of the molecule is COc1ccc2c(c1)c1nc3cc(C)c(C)cc3nc1n2CCC1OCCO1. The molecule has 0 bridgehead atoms. The lowest BCUT2D eigenvalue weighted by Crippen LogP contribution is -2.12. The van der Waals surface area contributed by atoms with Gasteiger partial charge in [-0.3, -0.25) is 0 Å². The van der Waals surface area contributed by atoms with Crippen LogP contribution < -0.4 is 4.74 Å². The third-order valence-corrected chi connectivity index (χ3v) is 5.55. The van der Waals surface area contributed by atoms with E-state index in [0.717, 1.165) is 51.8 Å². The molecule has 0 N–H and O–H groups in total. The number of aromatic nitrogens is 3. The predicted octanol–water partition coefficient (Wildman–Crippen LogP) is 4.13. The van der Waals surface area contributed by atoms with E-state index in [0.29, 0.717) is 13.2 Å². The molecule has 1 saturated heterocycles. The van der Waals surface area contributed by atoms with Crippen LogP contribution in [0.25, 0.3) is 33.1 Å². The Morgan fingerprint density at radius 1 is 1.04 bits per heavy atom. The first kappa shape index (κ1) is 17.4. The van der Waals surface area contributed by atoms with E-state index in [9.17, 15) is 0 Å². The fourth-order valence-electron chi connectivity index (χ4n) is 3.89. The minimum absolute atomic E-state index is 0.149. The van der Waals surface area contributed by atoms with Gasteiger partial charge in [-0.05, 0) is 55.3 Å². The maximum Gasteiger partial charge on any atom is 0.160 e. The second-order valence-corrected chi connectivity index (χ2v) is 7.32. The number of benzene rings is 2. The summed E-state index contributed by atoms with van der Waals surface area (Å²) in [7, 11) is 1.68. The molecular weight excluding hydrogens is 354 g/mol. The van der Waals surface area contributed by atoms with Gasteiger partial charge in [0, 0.05) is 18.4 Å². The Bertz CT molecular complexity index is 1190. The van der Waals surface area contributed by atoms with Crippen molar-refractivity contribution in [2.75, 3.05) is 20.3 Å². The zero-order chi connectivity index (χ0) is 19.3. The Balaban J connectivity index is 1.73. The van der Waals surface area contributed by atoms with Crippen LogP contribution in [0, 0.1) is 13.8 Å². The Morgan fingerprint density at radius 2 is 1.75 bits per heavy atom. The number of hydrogen-bond donors (Lipinski definition) is 0. The van der Waals surface area contributed by atoms with Crippen LogP contribution in [0.2, 0.25) is 0 Å². The summed E-state index contributed by atoms with van der Waals surface area (Å²) < 4.78 is 18.9. The normalized spacial score (nSPS) is 15.2. The van der Waals surface area contributed by atoms with E-state index in [4.69, 9.17) is 24.2 Å². The Kier molecular flexibility index (Phi) is 4.18. The minimum atomic E-state index is -0.149. The molecular formula is C22H23N3O3. The topological polar surface area (TPSA) is 58.4 Å². The molecule has 6 nitrogen and oxygen atoms in total. The second kappa shape index (κ2) is 6.72. The highest BCUT2D eigenvalue weighted by Crippen LogP contribution is 2.32. The summed E-state index contributed by atoms with van der Waals surface area (Å²) in [6.07, 6.45) is 0.626. The van der Waals surface area contributed by atoms with Crippen molar-refractivity contribution in [3.8, 4) is 5.75 Å². The highest BCUT2D eigenvalue weighted by atomic mass is 16.7. The third kappa shape index (κ3) is 2.80. The predicted molar refractivity (Wildman–Crippen MR) is 109 cm³/mol. The average Bonchev–Trinajstić information content (AvgIpc) is 3.31. The Labute approximate surface area is 163 Å². The molecule has 144 valence electrons. The van der Waals surface area contributed by atoms with Crippen molar-refractivity contribution >= 4 is 33.1 Å². The molecule has 1 fully saturated rings.